The number of benzene rings is 2. The van der Waals surface area contributed by atoms with Gasteiger partial charge in [-0.1, -0.05) is 18.2 Å². The van der Waals surface area contributed by atoms with Crippen LogP contribution in [-0.4, -0.2) is 34.9 Å². The topological polar surface area (TPSA) is 90.9 Å². The molecule has 0 atom stereocenters. The van der Waals surface area contributed by atoms with Gasteiger partial charge in [0.15, 0.2) is 11.5 Å². The van der Waals surface area contributed by atoms with Crippen molar-refractivity contribution in [3.8, 4) is 11.5 Å². The van der Waals surface area contributed by atoms with Gasteiger partial charge in [-0.05, 0) is 41.5 Å². The third-order valence-corrected chi connectivity index (χ3v) is 4.06. The van der Waals surface area contributed by atoms with E-state index >= 15 is 0 Å². The van der Waals surface area contributed by atoms with Crippen molar-refractivity contribution >= 4 is 27.8 Å². The largest absolute Gasteiger partial charge is 0.493 e. The summed E-state index contributed by atoms with van der Waals surface area (Å²) in [5.74, 6) is 0.671. The van der Waals surface area contributed by atoms with Gasteiger partial charge in [0.2, 0.25) is 10.0 Å². The molecule has 0 unspecified atom stereocenters. The molecule has 0 aliphatic heterocycles. The summed E-state index contributed by atoms with van der Waals surface area (Å²) < 4.78 is 40.2. The molecule has 0 bridgehead atoms. The van der Waals surface area contributed by atoms with Crippen LogP contribution in [0.1, 0.15) is 11.1 Å². The summed E-state index contributed by atoms with van der Waals surface area (Å²) in [5.41, 5.74) is 1.95. The molecule has 1 N–H and O–H groups in total. The number of methoxy groups -OCH3 is 2. The van der Waals surface area contributed by atoms with Gasteiger partial charge in [0.05, 0.1) is 20.5 Å². The Labute approximate surface area is 158 Å². The Morgan fingerprint density at radius 2 is 1.70 bits per heavy atom. The Morgan fingerprint density at radius 1 is 1.04 bits per heavy atom. The lowest BCUT2D eigenvalue weighted by atomic mass is 10.2. The zero-order valence-electron chi connectivity index (χ0n) is 15.3. The molecule has 8 heteroatoms. The Morgan fingerprint density at radius 3 is 2.30 bits per heavy atom. The summed E-state index contributed by atoms with van der Waals surface area (Å²) in [6.45, 7) is 0.0776. The SMILES string of the molecule is COc1ccc(/C=C/C(=O)OCc2ccc(NS(C)(=O)=O)cc2)cc1OC. The summed E-state index contributed by atoms with van der Waals surface area (Å²) in [5, 5.41) is 0. The van der Waals surface area contributed by atoms with Crippen molar-refractivity contribution in [1.29, 1.82) is 0 Å². The smallest absolute Gasteiger partial charge is 0.331 e. The number of carbonyl (C=O) groups excluding carboxylic acids is 1. The van der Waals surface area contributed by atoms with E-state index in [0.29, 0.717) is 17.2 Å². The molecular weight excluding hydrogens is 370 g/mol. The Balaban J connectivity index is 1.91. The quantitative estimate of drug-likeness (QED) is 0.550. The van der Waals surface area contributed by atoms with E-state index in [-0.39, 0.29) is 6.61 Å². The van der Waals surface area contributed by atoms with Crippen molar-refractivity contribution in [2.75, 3.05) is 25.2 Å². The van der Waals surface area contributed by atoms with Crippen LogP contribution in [0.4, 0.5) is 5.69 Å². The molecule has 0 spiro atoms. The Kier molecular flexibility index (Phi) is 6.84. The molecule has 2 aromatic rings. The number of sulfonamides is 1. The van der Waals surface area contributed by atoms with E-state index in [9.17, 15) is 13.2 Å². The van der Waals surface area contributed by atoms with Crippen LogP contribution in [0.3, 0.4) is 0 Å². The molecule has 0 heterocycles. The molecule has 0 aliphatic rings. The minimum atomic E-state index is -3.32. The Bertz CT molecular complexity index is 920. The van der Waals surface area contributed by atoms with E-state index in [2.05, 4.69) is 4.72 Å². The average molecular weight is 391 g/mol. The summed E-state index contributed by atoms with van der Waals surface area (Å²) in [7, 11) is -0.232. The van der Waals surface area contributed by atoms with Crippen molar-refractivity contribution in [2.45, 2.75) is 6.61 Å². The summed E-state index contributed by atoms with van der Waals surface area (Å²) >= 11 is 0. The van der Waals surface area contributed by atoms with E-state index in [0.717, 1.165) is 17.4 Å². The van der Waals surface area contributed by atoms with Crippen LogP contribution in [0, 0.1) is 0 Å². The predicted molar refractivity (Wildman–Crippen MR) is 103 cm³/mol. The summed E-state index contributed by atoms with van der Waals surface area (Å²) in [4.78, 5) is 11.9. The maximum absolute atomic E-state index is 11.9. The van der Waals surface area contributed by atoms with Gasteiger partial charge in [-0.15, -0.1) is 0 Å². The first-order valence-corrected chi connectivity index (χ1v) is 9.83. The first-order chi connectivity index (χ1) is 12.8. The molecule has 0 saturated heterocycles. The van der Waals surface area contributed by atoms with Gasteiger partial charge in [-0.3, -0.25) is 4.72 Å². The number of rotatable bonds is 8. The maximum atomic E-state index is 11.9. The molecule has 144 valence electrons. The van der Waals surface area contributed by atoms with Crippen LogP contribution in [0.5, 0.6) is 11.5 Å². The van der Waals surface area contributed by atoms with Gasteiger partial charge in [0.1, 0.15) is 6.61 Å². The summed E-state index contributed by atoms with van der Waals surface area (Å²) in [6, 6.07) is 11.8. The fourth-order valence-electron chi connectivity index (χ4n) is 2.21. The predicted octanol–water partition coefficient (Wildman–Crippen LogP) is 2.83. The fraction of sp³-hybridized carbons (Fsp3) is 0.211. The molecule has 2 aromatic carbocycles. The third-order valence-electron chi connectivity index (χ3n) is 3.46. The van der Waals surface area contributed by atoms with Crippen LogP contribution in [0.2, 0.25) is 0 Å². The van der Waals surface area contributed by atoms with Crippen molar-refractivity contribution in [3.63, 3.8) is 0 Å². The minimum Gasteiger partial charge on any atom is -0.493 e. The summed E-state index contributed by atoms with van der Waals surface area (Å²) in [6.07, 6.45) is 4.01. The number of nitrogens with one attached hydrogen (secondary N) is 1. The lowest BCUT2D eigenvalue weighted by Gasteiger charge is -2.07. The first-order valence-electron chi connectivity index (χ1n) is 7.94. The highest BCUT2D eigenvalue weighted by Gasteiger charge is 2.05. The number of esters is 1. The van der Waals surface area contributed by atoms with Crippen LogP contribution >= 0.6 is 0 Å². The number of carbonyl (C=O) groups is 1. The fourth-order valence-corrected chi connectivity index (χ4v) is 2.77. The maximum Gasteiger partial charge on any atom is 0.331 e. The van der Waals surface area contributed by atoms with Crippen molar-refractivity contribution in [2.24, 2.45) is 0 Å². The molecule has 0 radical (unpaired) electrons. The first kappa shape index (κ1) is 20.3. The highest BCUT2D eigenvalue weighted by Crippen LogP contribution is 2.27. The molecular formula is C19H21NO6S. The van der Waals surface area contributed by atoms with Gasteiger partial charge >= 0.3 is 5.97 Å². The highest BCUT2D eigenvalue weighted by atomic mass is 32.2. The molecule has 0 aromatic heterocycles. The van der Waals surface area contributed by atoms with E-state index in [1.807, 2.05) is 0 Å². The second-order valence-electron chi connectivity index (χ2n) is 5.63. The number of ether oxygens (including phenoxy) is 3. The monoisotopic (exact) mass is 391 g/mol. The lowest BCUT2D eigenvalue weighted by Crippen LogP contribution is -2.09. The molecule has 0 fully saturated rings. The van der Waals surface area contributed by atoms with Crippen LogP contribution < -0.4 is 14.2 Å². The second-order valence-corrected chi connectivity index (χ2v) is 7.38. The van der Waals surface area contributed by atoms with Crippen molar-refractivity contribution < 1.29 is 27.4 Å². The number of hydrogen-bond donors (Lipinski definition) is 1. The average Bonchev–Trinajstić information content (AvgIpc) is 2.64. The van der Waals surface area contributed by atoms with Crippen molar-refractivity contribution in [1.82, 2.24) is 0 Å². The van der Waals surface area contributed by atoms with Crippen molar-refractivity contribution in [3.05, 3.63) is 59.7 Å². The van der Waals surface area contributed by atoms with Gasteiger partial charge in [0.25, 0.3) is 0 Å². The van der Waals surface area contributed by atoms with Gasteiger partial charge in [-0.2, -0.15) is 0 Å². The normalized spacial score (nSPS) is 11.2. The van der Waals surface area contributed by atoms with Gasteiger partial charge < -0.3 is 14.2 Å². The van der Waals surface area contributed by atoms with Gasteiger partial charge in [0, 0.05) is 11.8 Å². The second kappa shape index (κ2) is 9.09. The van der Waals surface area contributed by atoms with Crippen LogP contribution in [0.25, 0.3) is 6.08 Å². The van der Waals surface area contributed by atoms with Gasteiger partial charge in [-0.25, -0.2) is 13.2 Å². The zero-order valence-corrected chi connectivity index (χ0v) is 16.1. The zero-order chi connectivity index (χ0) is 19.9. The van der Waals surface area contributed by atoms with E-state index in [1.165, 1.54) is 13.2 Å². The third kappa shape index (κ3) is 6.67. The van der Waals surface area contributed by atoms with Crippen LogP contribution in [-0.2, 0) is 26.2 Å². The molecule has 0 saturated carbocycles. The van der Waals surface area contributed by atoms with E-state index in [1.54, 1.807) is 55.7 Å². The van der Waals surface area contributed by atoms with E-state index < -0.39 is 16.0 Å². The minimum absolute atomic E-state index is 0.0776. The lowest BCUT2D eigenvalue weighted by molar-refractivity contribution is -0.138. The van der Waals surface area contributed by atoms with E-state index in [4.69, 9.17) is 14.2 Å². The molecule has 2 rings (SSSR count). The molecule has 0 aliphatic carbocycles. The number of hydrogen-bond acceptors (Lipinski definition) is 6. The number of anilines is 1. The molecule has 7 nitrogen and oxygen atoms in total. The highest BCUT2D eigenvalue weighted by molar-refractivity contribution is 7.92. The molecule has 27 heavy (non-hydrogen) atoms. The molecule has 0 amide bonds. The van der Waals surface area contributed by atoms with Crippen LogP contribution in [0.15, 0.2) is 48.5 Å². The standard InChI is InChI=1S/C19H21NO6S/c1-24-17-10-6-14(12-18(17)25-2)7-11-19(21)26-13-15-4-8-16(9-5-15)20-27(3,22)23/h4-12,20H,13H2,1-3H3/b11-7+. The Hall–Kier alpha value is -3.00.